The van der Waals surface area contributed by atoms with Gasteiger partial charge in [-0.3, -0.25) is 9.59 Å². The second-order valence-electron chi connectivity index (χ2n) is 6.58. The lowest BCUT2D eigenvalue weighted by molar-refractivity contribution is -0.120. The number of nitrogens with one attached hydrogen (secondary N) is 2. The number of hydrogen-bond donors (Lipinski definition) is 2. The van der Waals surface area contributed by atoms with Crippen molar-refractivity contribution in [3.05, 3.63) is 63.8 Å². The van der Waals surface area contributed by atoms with Gasteiger partial charge in [-0.15, -0.1) is 0 Å². The van der Waals surface area contributed by atoms with Crippen molar-refractivity contribution in [1.82, 2.24) is 20.2 Å². The third-order valence-corrected chi connectivity index (χ3v) is 4.79. The SMILES string of the molecule is Cc1ccccc1[C@H]1CCN(CCNC(=O)Cc2cnc[nH]c2=O)C1. The van der Waals surface area contributed by atoms with Crippen LogP contribution >= 0.6 is 0 Å². The largest absolute Gasteiger partial charge is 0.355 e. The van der Waals surface area contributed by atoms with Crippen LogP contribution in [0.15, 0.2) is 41.6 Å². The van der Waals surface area contributed by atoms with Crippen LogP contribution in [0, 0.1) is 6.92 Å². The van der Waals surface area contributed by atoms with Crippen LogP contribution in [0.3, 0.4) is 0 Å². The topological polar surface area (TPSA) is 78.1 Å². The molecule has 1 aliphatic rings. The van der Waals surface area contributed by atoms with Gasteiger partial charge in [0.15, 0.2) is 0 Å². The van der Waals surface area contributed by atoms with Crippen molar-refractivity contribution in [2.24, 2.45) is 0 Å². The predicted octanol–water partition coefficient (Wildman–Crippen LogP) is 1.23. The lowest BCUT2D eigenvalue weighted by atomic mass is 9.94. The summed E-state index contributed by atoms with van der Waals surface area (Å²) in [6.07, 6.45) is 3.98. The smallest absolute Gasteiger partial charge is 0.254 e. The van der Waals surface area contributed by atoms with Gasteiger partial charge in [-0.2, -0.15) is 0 Å². The number of carbonyl (C=O) groups excluding carboxylic acids is 1. The summed E-state index contributed by atoms with van der Waals surface area (Å²) in [5, 5.41) is 2.89. The molecule has 25 heavy (non-hydrogen) atoms. The molecule has 1 saturated heterocycles. The number of aromatic nitrogens is 2. The molecule has 1 amide bonds. The fourth-order valence-electron chi connectivity index (χ4n) is 3.42. The molecule has 0 aliphatic carbocycles. The lowest BCUT2D eigenvalue weighted by Crippen LogP contribution is -2.35. The number of amides is 1. The summed E-state index contributed by atoms with van der Waals surface area (Å²) in [7, 11) is 0. The first-order valence-corrected chi connectivity index (χ1v) is 8.69. The Morgan fingerprint density at radius 3 is 3.04 bits per heavy atom. The molecule has 0 bridgehead atoms. The molecule has 1 aromatic carbocycles. The van der Waals surface area contributed by atoms with Gasteiger partial charge >= 0.3 is 0 Å². The van der Waals surface area contributed by atoms with E-state index < -0.39 is 0 Å². The molecule has 0 saturated carbocycles. The molecule has 1 aliphatic heterocycles. The highest BCUT2D eigenvalue weighted by atomic mass is 16.2. The van der Waals surface area contributed by atoms with Gasteiger partial charge in [0.05, 0.1) is 12.7 Å². The first-order valence-electron chi connectivity index (χ1n) is 8.69. The zero-order valence-electron chi connectivity index (χ0n) is 14.5. The van der Waals surface area contributed by atoms with E-state index in [1.807, 2.05) is 0 Å². The van der Waals surface area contributed by atoms with E-state index in [0.717, 1.165) is 26.1 Å². The molecule has 0 spiro atoms. The van der Waals surface area contributed by atoms with E-state index in [0.29, 0.717) is 18.0 Å². The van der Waals surface area contributed by atoms with E-state index in [9.17, 15) is 9.59 Å². The summed E-state index contributed by atoms with van der Waals surface area (Å²) in [4.78, 5) is 32.2. The number of likely N-dealkylation sites (tertiary alicyclic amines) is 1. The Morgan fingerprint density at radius 2 is 2.24 bits per heavy atom. The summed E-state index contributed by atoms with van der Waals surface area (Å²) in [6, 6.07) is 8.56. The normalized spacial score (nSPS) is 17.6. The summed E-state index contributed by atoms with van der Waals surface area (Å²) in [5.41, 5.74) is 2.92. The number of rotatable bonds is 6. The third-order valence-electron chi connectivity index (χ3n) is 4.79. The maximum atomic E-state index is 12.0. The minimum Gasteiger partial charge on any atom is -0.355 e. The van der Waals surface area contributed by atoms with Gasteiger partial charge in [0.1, 0.15) is 0 Å². The van der Waals surface area contributed by atoms with Gasteiger partial charge < -0.3 is 15.2 Å². The van der Waals surface area contributed by atoms with E-state index in [2.05, 4.69) is 51.4 Å². The number of hydrogen-bond acceptors (Lipinski definition) is 4. The van der Waals surface area contributed by atoms with E-state index in [-0.39, 0.29) is 17.9 Å². The number of nitrogens with zero attached hydrogens (tertiary/aromatic N) is 2. The van der Waals surface area contributed by atoms with Crippen LogP contribution in [0.2, 0.25) is 0 Å². The van der Waals surface area contributed by atoms with Crippen molar-refractivity contribution in [3.8, 4) is 0 Å². The fourth-order valence-corrected chi connectivity index (χ4v) is 3.42. The van der Waals surface area contributed by atoms with Gasteiger partial charge in [0.2, 0.25) is 5.91 Å². The summed E-state index contributed by atoms with van der Waals surface area (Å²) < 4.78 is 0. The average molecular weight is 340 g/mol. The van der Waals surface area contributed by atoms with Crippen molar-refractivity contribution in [3.63, 3.8) is 0 Å². The Balaban J connectivity index is 1.43. The van der Waals surface area contributed by atoms with Crippen molar-refractivity contribution in [2.45, 2.75) is 25.7 Å². The average Bonchev–Trinajstić information content (AvgIpc) is 3.06. The summed E-state index contributed by atoms with van der Waals surface area (Å²) in [6.45, 7) is 5.67. The predicted molar refractivity (Wildman–Crippen MR) is 96.5 cm³/mol. The molecular formula is C19H24N4O2. The van der Waals surface area contributed by atoms with Crippen molar-refractivity contribution in [1.29, 1.82) is 0 Å². The maximum Gasteiger partial charge on any atom is 0.254 e. The van der Waals surface area contributed by atoms with E-state index >= 15 is 0 Å². The van der Waals surface area contributed by atoms with Crippen LogP contribution < -0.4 is 10.9 Å². The molecule has 0 radical (unpaired) electrons. The van der Waals surface area contributed by atoms with Gasteiger partial charge in [-0.05, 0) is 36.9 Å². The van der Waals surface area contributed by atoms with Crippen LogP contribution in [0.1, 0.15) is 29.0 Å². The standard InChI is InChI=1S/C19H24N4O2/c1-14-4-2-3-5-17(14)15-6-8-23(12-15)9-7-21-18(24)10-16-11-20-13-22-19(16)25/h2-5,11,13,15H,6-10,12H2,1H3,(H,21,24)(H,20,22,25)/t15-/m0/s1. The maximum absolute atomic E-state index is 12.0. The Labute approximate surface area is 147 Å². The molecule has 6 heteroatoms. The van der Waals surface area contributed by atoms with Crippen LogP contribution in [0.5, 0.6) is 0 Å². The molecule has 1 fully saturated rings. The molecule has 2 N–H and O–H groups in total. The number of aryl methyl sites for hydroxylation is 1. The van der Waals surface area contributed by atoms with Crippen molar-refractivity contribution < 1.29 is 4.79 Å². The lowest BCUT2D eigenvalue weighted by Gasteiger charge is -2.17. The minimum atomic E-state index is -0.259. The van der Waals surface area contributed by atoms with Gasteiger partial charge in [0, 0.05) is 31.4 Å². The Bertz CT molecular complexity index is 787. The highest BCUT2D eigenvalue weighted by Crippen LogP contribution is 2.28. The first kappa shape index (κ1) is 17.4. The second kappa shape index (κ2) is 8.07. The van der Waals surface area contributed by atoms with Gasteiger partial charge in [0.25, 0.3) is 5.56 Å². The van der Waals surface area contributed by atoms with Crippen molar-refractivity contribution >= 4 is 5.91 Å². The number of carbonyl (C=O) groups is 1. The van der Waals surface area contributed by atoms with E-state index in [1.165, 1.54) is 23.7 Å². The molecule has 2 aromatic rings. The zero-order chi connectivity index (χ0) is 17.6. The first-order chi connectivity index (χ1) is 12.1. The molecule has 2 heterocycles. The quantitative estimate of drug-likeness (QED) is 0.829. The Hall–Kier alpha value is -2.47. The van der Waals surface area contributed by atoms with E-state index in [4.69, 9.17) is 0 Å². The number of H-pyrrole nitrogens is 1. The fraction of sp³-hybridized carbons (Fsp3) is 0.421. The zero-order valence-corrected chi connectivity index (χ0v) is 14.5. The number of benzene rings is 1. The van der Waals surface area contributed by atoms with Crippen LogP contribution in [-0.2, 0) is 11.2 Å². The van der Waals surface area contributed by atoms with Crippen LogP contribution in [-0.4, -0.2) is 47.0 Å². The van der Waals surface area contributed by atoms with Crippen LogP contribution in [0.25, 0.3) is 0 Å². The Kier molecular flexibility index (Phi) is 5.60. The molecule has 0 unspecified atom stereocenters. The third kappa shape index (κ3) is 4.54. The minimum absolute atomic E-state index is 0.0645. The van der Waals surface area contributed by atoms with Crippen molar-refractivity contribution in [2.75, 3.05) is 26.2 Å². The van der Waals surface area contributed by atoms with E-state index in [1.54, 1.807) is 0 Å². The molecule has 1 atom stereocenters. The monoisotopic (exact) mass is 340 g/mol. The molecular weight excluding hydrogens is 316 g/mol. The highest BCUT2D eigenvalue weighted by molar-refractivity contribution is 5.78. The molecule has 6 nitrogen and oxygen atoms in total. The molecule has 132 valence electrons. The van der Waals surface area contributed by atoms with Crippen LogP contribution in [0.4, 0.5) is 0 Å². The number of aromatic amines is 1. The summed E-state index contributed by atoms with van der Waals surface area (Å²) in [5.74, 6) is 0.430. The molecule has 3 rings (SSSR count). The van der Waals surface area contributed by atoms with Gasteiger partial charge in [-0.25, -0.2) is 4.98 Å². The van der Waals surface area contributed by atoms with Gasteiger partial charge in [-0.1, -0.05) is 24.3 Å². The Morgan fingerprint density at radius 1 is 1.40 bits per heavy atom. The second-order valence-corrected chi connectivity index (χ2v) is 6.58. The highest BCUT2D eigenvalue weighted by Gasteiger charge is 2.24. The molecule has 1 aromatic heterocycles. The summed E-state index contributed by atoms with van der Waals surface area (Å²) >= 11 is 0.